The quantitative estimate of drug-likeness (QED) is 0.512. The van der Waals surface area contributed by atoms with Gasteiger partial charge in [0.05, 0.1) is 4.90 Å². The fourth-order valence-electron chi connectivity index (χ4n) is 3.99. The molecule has 0 saturated heterocycles. The number of carbonyl (C=O) groups is 2. The maximum absolute atomic E-state index is 12.9. The van der Waals surface area contributed by atoms with E-state index < -0.39 is 10.0 Å². The van der Waals surface area contributed by atoms with Gasteiger partial charge in [-0.15, -0.1) is 0 Å². The molecule has 0 aliphatic carbocycles. The molecule has 1 aliphatic heterocycles. The Labute approximate surface area is 199 Å². The molecule has 2 amide bonds. The summed E-state index contributed by atoms with van der Waals surface area (Å²) < 4.78 is 27.0. The van der Waals surface area contributed by atoms with Crippen LogP contribution in [-0.4, -0.2) is 31.6 Å². The second-order valence-corrected chi connectivity index (χ2v) is 10.5. The number of para-hydroxylation sites is 1. The third-order valence-corrected chi connectivity index (χ3v) is 7.74. The van der Waals surface area contributed by atoms with Crippen LogP contribution in [-0.2, 0) is 32.6 Å². The Kier molecular flexibility index (Phi) is 7.09. The third-order valence-electron chi connectivity index (χ3n) is 5.93. The van der Waals surface area contributed by atoms with Crippen molar-refractivity contribution in [3.05, 3.63) is 90.0 Å². The van der Waals surface area contributed by atoms with E-state index in [1.807, 2.05) is 54.6 Å². The summed E-state index contributed by atoms with van der Waals surface area (Å²) in [4.78, 5) is 24.9. The highest BCUT2D eigenvalue weighted by Gasteiger charge is 2.26. The van der Waals surface area contributed by atoms with Gasteiger partial charge in [0.25, 0.3) is 0 Å². The van der Waals surface area contributed by atoms with E-state index in [9.17, 15) is 18.0 Å². The number of nitrogens with one attached hydrogen (secondary N) is 2. The fourth-order valence-corrected chi connectivity index (χ4v) is 5.15. The summed E-state index contributed by atoms with van der Waals surface area (Å²) in [7, 11) is -2.12. The standard InChI is InChI=1S/C26H27N3O4S/c1-29(18-19-7-3-2-4-8-19)34(32,33)23-14-12-22(13-15-23)27-25(30)16-11-21-17-20-9-5-6-10-24(20)28-26(21)31/h2-10,12-15,21H,11,16-18H2,1H3,(H,27,30)(H,28,31). The Hall–Kier alpha value is -3.49. The van der Waals surface area contributed by atoms with Crippen LogP contribution in [0.5, 0.6) is 0 Å². The lowest BCUT2D eigenvalue weighted by atomic mass is 9.89. The fraction of sp³-hybridized carbons (Fsp3) is 0.231. The minimum absolute atomic E-state index is 0.0688. The smallest absolute Gasteiger partial charge is 0.243 e. The van der Waals surface area contributed by atoms with Gasteiger partial charge in [-0.3, -0.25) is 9.59 Å². The zero-order valence-electron chi connectivity index (χ0n) is 18.9. The molecule has 0 bridgehead atoms. The molecule has 176 valence electrons. The summed E-state index contributed by atoms with van der Waals surface area (Å²) >= 11 is 0. The average Bonchev–Trinajstić information content (AvgIpc) is 2.83. The molecular formula is C26H27N3O4S. The summed E-state index contributed by atoms with van der Waals surface area (Å²) in [6.07, 6.45) is 1.24. The molecule has 0 fully saturated rings. The van der Waals surface area contributed by atoms with Crippen LogP contribution in [0.3, 0.4) is 0 Å². The number of hydrogen-bond acceptors (Lipinski definition) is 4. The summed E-state index contributed by atoms with van der Waals surface area (Å²) in [5, 5.41) is 5.68. The summed E-state index contributed by atoms with van der Waals surface area (Å²) in [5.74, 6) is -0.544. The molecule has 0 aromatic heterocycles. The normalized spacial score (nSPS) is 15.5. The number of amides is 2. The largest absolute Gasteiger partial charge is 0.326 e. The zero-order valence-corrected chi connectivity index (χ0v) is 19.7. The molecule has 3 aromatic rings. The van der Waals surface area contributed by atoms with Crippen molar-refractivity contribution in [2.75, 3.05) is 17.7 Å². The molecule has 4 rings (SSSR count). The van der Waals surface area contributed by atoms with E-state index in [-0.39, 0.29) is 35.6 Å². The Balaban J connectivity index is 1.32. The van der Waals surface area contributed by atoms with Gasteiger partial charge in [-0.2, -0.15) is 4.31 Å². The zero-order chi connectivity index (χ0) is 24.1. The molecule has 1 aliphatic rings. The first-order valence-corrected chi connectivity index (χ1v) is 12.6. The van der Waals surface area contributed by atoms with E-state index in [0.717, 1.165) is 16.8 Å². The van der Waals surface area contributed by atoms with Crippen molar-refractivity contribution >= 4 is 33.2 Å². The Morgan fingerprint density at radius 2 is 1.68 bits per heavy atom. The maximum atomic E-state index is 12.9. The Morgan fingerprint density at radius 3 is 2.41 bits per heavy atom. The van der Waals surface area contributed by atoms with Crippen molar-refractivity contribution in [3.8, 4) is 0 Å². The number of fused-ring (bicyclic) bond motifs is 1. The van der Waals surface area contributed by atoms with Gasteiger partial charge in [0.1, 0.15) is 0 Å². The minimum Gasteiger partial charge on any atom is -0.326 e. The van der Waals surface area contributed by atoms with Crippen LogP contribution in [0.4, 0.5) is 11.4 Å². The van der Waals surface area contributed by atoms with E-state index in [4.69, 9.17) is 0 Å². The molecule has 3 aromatic carbocycles. The number of carbonyl (C=O) groups excluding carboxylic acids is 2. The van der Waals surface area contributed by atoms with Crippen molar-refractivity contribution in [1.29, 1.82) is 0 Å². The first-order chi connectivity index (χ1) is 16.3. The summed E-state index contributed by atoms with van der Waals surface area (Å²) in [6, 6.07) is 23.2. The van der Waals surface area contributed by atoms with Crippen LogP contribution in [0.25, 0.3) is 0 Å². The molecule has 7 nitrogen and oxygen atoms in total. The second kappa shape index (κ2) is 10.2. The van der Waals surface area contributed by atoms with Crippen LogP contribution in [0.15, 0.2) is 83.8 Å². The van der Waals surface area contributed by atoms with E-state index in [2.05, 4.69) is 10.6 Å². The van der Waals surface area contributed by atoms with Crippen molar-refractivity contribution in [3.63, 3.8) is 0 Å². The van der Waals surface area contributed by atoms with E-state index >= 15 is 0 Å². The lowest BCUT2D eigenvalue weighted by Crippen LogP contribution is -2.30. The molecule has 0 saturated carbocycles. The Bertz CT molecular complexity index is 1270. The van der Waals surface area contributed by atoms with E-state index in [1.165, 1.54) is 23.5 Å². The van der Waals surface area contributed by atoms with Gasteiger partial charge in [0, 0.05) is 37.3 Å². The predicted molar refractivity (Wildman–Crippen MR) is 132 cm³/mol. The second-order valence-electron chi connectivity index (χ2n) is 8.41. The maximum Gasteiger partial charge on any atom is 0.243 e. The van der Waals surface area contributed by atoms with Gasteiger partial charge in [0.2, 0.25) is 21.8 Å². The Morgan fingerprint density at radius 1 is 1.00 bits per heavy atom. The highest BCUT2D eigenvalue weighted by Crippen LogP contribution is 2.27. The predicted octanol–water partition coefficient (Wildman–Crippen LogP) is 4.04. The molecule has 0 radical (unpaired) electrons. The van der Waals surface area contributed by atoms with Gasteiger partial charge in [-0.25, -0.2) is 8.42 Å². The lowest BCUT2D eigenvalue weighted by Gasteiger charge is -2.24. The number of rotatable bonds is 8. The van der Waals surface area contributed by atoms with Crippen LogP contribution in [0.2, 0.25) is 0 Å². The molecule has 1 atom stereocenters. The van der Waals surface area contributed by atoms with Crippen molar-refractivity contribution < 1.29 is 18.0 Å². The molecule has 1 unspecified atom stereocenters. The van der Waals surface area contributed by atoms with Crippen molar-refractivity contribution in [2.45, 2.75) is 30.7 Å². The molecule has 2 N–H and O–H groups in total. The highest BCUT2D eigenvalue weighted by atomic mass is 32.2. The third kappa shape index (κ3) is 5.52. The number of anilines is 2. The van der Waals surface area contributed by atoms with Gasteiger partial charge in [-0.05, 0) is 54.3 Å². The lowest BCUT2D eigenvalue weighted by molar-refractivity contribution is -0.121. The van der Waals surface area contributed by atoms with Crippen molar-refractivity contribution in [1.82, 2.24) is 4.31 Å². The van der Waals surface area contributed by atoms with Gasteiger partial charge in [0.15, 0.2) is 0 Å². The van der Waals surface area contributed by atoms with E-state index in [0.29, 0.717) is 18.5 Å². The SMILES string of the molecule is CN(Cc1ccccc1)S(=O)(=O)c1ccc(NC(=O)CCC2Cc3ccccc3NC2=O)cc1. The first-order valence-electron chi connectivity index (χ1n) is 11.1. The molecule has 34 heavy (non-hydrogen) atoms. The first kappa shape index (κ1) is 23.7. The molecule has 1 heterocycles. The van der Waals surface area contributed by atoms with Gasteiger partial charge in [-0.1, -0.05) is 48.5 Å². The van der Waals surface area contributed by atoms with Gasteiger partial charge < -0.3 is 10.6 Å². The monoisotopic (exact) mass is 477 g/mol. The average molecular weight is 478 g/mol. The van der Waals surface area contributed by atoms with Crippen molar-refractivity contribution in [2.24, 2.45) is 5.92 Å². The summed E-state index contributed by atoms with van der Waals surface area (Å²) in [6.45, 7) is 0.265. The molecule has 0 spiro atoms. The van der Waals surface area contributed by atoms with Crippen LogP contribution in [0.1, 0.15) is 24.0 Å². The minimum atomic E-state index is -3.66. The molecular weight excluding hydrogens is 450 g/mol. The number of sulfonamides is 1. The molecule has 8 heteroatoms. The van der Waals surface area contributed by atoms with Gasteiger partial charge >= 0.3 is 0 Å². The van der Waals surface area contributed by atoms with Crippen LogP contribution in [0, 0.1) is 5.92 Å². The highest BCUT2D eigenvalue weighted by molar-refractivity contribution is 7.89. The number of hydrogen-bond donors (Lipinski definition) is 2. The number of nitrogens with zero attached hydrogens (tertiary/aromatic N) is 1. The topological polar surface area (TPSA) is 95.6 Å². The van der Waals surface area contributed by atoms with Crippen LogP contribution < -0.4 is 10.6 Å². The number of benzene rings is 3. The van der Waals surface area contributed by atoms with E-state index in [1.54, 1.807) is 12.1 Å². The van der Waals surface area contributed by atoms with Crippen LogP contribution >= 0.6 is 0 Å². The summed E-state index contributed by atoms with van der Waals surface area (Å²) in [5.41, 5.74) is 3.31.